The maximum Gasteiger partial charge on any atom is 0.128 e. The molecule has 31 heavy (non-hydrogen) atoms. The molecule has 0 aliphatic carbocycles. The highest BCUT2D eigenvalue weighted by atomic mass is 16.5. The Bertz CT molecular complexity index is 1280. The van der Waals surface area contributed by atoms with Crippen LogP contribution in [0.3, 0.4) is 0 Å². The molecule has 0 unspecified atom stereocenters. The van der Waals surface area contributed by atoms with Gasteiger partial charge in [-0.1, -0.05) is 109 Å². The van der Waals surface area contributed by atoms with E-state index in [9.17, 15) is 0 Å². The first kappa shape index (κ1) is 18.9. The second kappa shape index (κ2) is 8.73. The van der Waals surface area contributed by atoms with E-state index in [1.807, 2.05) is 36.4 Å². The van der Waals surface area contributed by atoms with Crippen molar-refractivity contribution in [2.75, 3.05) is 0 Å². The zero-order valence-electron chi connectivity index (χ0n) is 17.1. The standard InChI is InChI=1S/C30H22O/c1-4-12-23(13-5-1)27-18-10-11-19-28(27)29-21-20-26(31-25-16-8-3-9-17-25)22-30(29)24-14-6-2-7-15-24/h1-22H. The molecule has 0 saturated heterocycles. The van der Waals surface area contributed by atoms with Crippen LogP contribution >= 0.6 is 0 Å². The van der Waals surface area contributed by atoms with Crippen LogP contribution < -0.4 is 4.74 Å². The number of benzene rings is 5. The third kappa shape index (κ3) is 4.12. The quantitative estimate of drug-likeness (QED) is 0.288. The van der Waals surface area contributed by atoms with Crippen molar-refractivity contribution in [3.05, 3.63) is 133 Å². The van der Waals surface area contributed by atoms with Gasteiger partial charge in [-0.05, 0) is 57.6 Å². The molecule has 0 aliphatic rings. The predicted molar refractivity (Wildman–Crippen MR) is 129 cm³/mol. The summed E-state index contributed by atoms with van der Waals surface area (Å²) in [5, 5.41) is 0. The summed E-state index contributed by atoms with van der Waals surface area (Å²) in [5.74, 6) is 1.66. The summed E-state index contributed by atoms with van der Waals surface area (Å²) < 4.78 is 6.15. The van der Waals surface area contributed by atoms with Crippen LogP contribution in [-0.2, 0) is 0 Å². The SMILES string of the molecule is c1ccc(Oc2ccc(-c3ccccc3-c3ccccc3)c(-c3ccccc3)c2)cc1. The maximum atomic E-state index is 6.15. The fourth-order valence-electron chi connectivity index (χ4n) is 3.89. The third-order valence-electron chi connectivity index (χ3n) is 5.36. The summed E-state index contributed by atoms with van der Waals surface area (Å²) in [6, 6.07) is 45.9. The summed E-state index contributed by atoms with van der Waals surface area (Å²) >= 11 is 0. The van der Waals surface area contributed by atoms with Crippen LogP contribution in [-0.4, -0.2) is 0 Å². The first-order valence-corrected chi connectivity index (χ1v) is 10.5. The van der Waals surface area contributed by atoms with Gasteiger partial charge in [-0.25, -0.2) is 0 Å². The van der Waals surface area contributed by atoms with Gasteiger partial charge in [-0.15, -0.1) is 0 Å². The van der Waals surface area contributed by atoms with E-state index in [0.717, 1.165) is 17.1 Å². The van der Waals surface area contributed by atoms with Gasteiger partial charge in [-0.2, -0.15) is 0 Å². The molecule has 5 rings (SSSR count). The normalized spacial score (nSPS) is 10.6. The second-order valence-electron chi connectivity index (χ2n) is 7.40. The Morgan fingerprint density at radius 2 is 0.806 bits per heavy atom. The highest BCUT2D eigenvalue weighted by Crippen LogP contribution is 2.40. The van der Waals surface area contributed by atoms with Crippen molar-refractivity contribution in [2.24, 2.45) is 0 Å². The monoisotopic (exact) mass is 398 g/mol. The molecule has 0 aromatic heterocycles. The van der Waals surface area contributed by atoms with E-state index in [1.165, 1.54) is 27.8 Å². The average Bonchev–Trinajstić information content (AvgIpc) is 2.86. The van der Waals surface area contributed by atoms with Crippen molar-refractivity contribution in [2.45, 2.75) is 0 Å². The molecule has 0 aliphatic heterocycles. The number of hydrogen-bond donors (Lipinski definition) is 0. The Labute approximate surface area is 183 Å². The average molecular weight is 399 g/mol. The van der Waals surface area contributed by atoms with E-state index in [2.05, 4.69) is 97.1 Å². The van der Waals surface area contributed by atoms with Crippen molar-refractivity contribution in [1.29, 1.82) is 0 Å². The molecule has 1 heteroatoms. The van der Waals surface area contributed by atoms with Crippen LogP contribution in [0.15, 0.2) is 133 Å². The lowest BCUT2D eigenvalue weighted by molar-refractivity contribution is 0.483. The zero-order valence-corrected chi connectivity index (χ0v) is 17.1. The van der Waals surface area contributed by atoms with E-state index in [0.29, 0.717) is 0 Å². The van der Waals surface area contributed by atoms with Crippen LogP contribution in [0.1, 0.15) is 0 Å². The summed E-state index contributed by atoms with van der Waals surface area (Å²) in [6.07, 6.45) is 0. The number of para-hydroxylation sites is 1. The Kier molecular flexibility index (Phi) is 5.32. The van der Waals surface area contributed by atoms with Crippen molar-refractivity contribution >= 4 is 0 Å². The second-order valence-corrected chi connectivity index (χ2v) is 7.40. The minimum Gasteiger partial charge on any atom is -0.457 e. The van der Waals surface area contributed by atoms with Gasteiger partial charge in [-0.3, -0.25) is 0 Å². The molecular formula is C30H22O. The largest absolute Gasteiger partial charge is 0.457 e. The summed E-state index contributed by atoms with van der Waals surface area (Å²) in [5.41, 5.74) is 7.14. The van der Waals surface area contributed by atoms with E-state index in [1.54, 1.807) is 0 Å². The fourth-order valence-corrected chi connectivity index (χ4v) is 3.89. The molecule has 0 radical (unpaired) electrons. The van der Waals surface area contributed by atoms with Gasteiger partial charge >= 0.3 is 0 Å². The van der Waals surface area contributed by atoms with E-state index < -0.39 is 0 Å². The molecule has 5 aromatic carbocycles. The summed E-state index contributed by atoms with van der Waals surface area (Å²) in [4.78, 5) is 0. The zero-order chi connectivity index (χ0) is 20.9. The molecule has 148 valence electrons. The molecule has 0 spiro atoms. The van der Waals surface area contributed by atoms with Crippen molar-refractivity contribution < 1.29 is 4.74 Å². The van der Waals surface area contributed by atoms with Crippen molar-refractivity contribution in [3.63, 3.8) is 0 Å². The minimum absolute atomic E-state index is 0.825. The van der Waals surface area contributed by atoms with Gasteiger partial charge in [0, 0.05) is 0 Å². The lowest BCUT2D eigenvalue weighted by Crippen LogP contribution is -1.91. The number of ether oxygens (including phenoxy) is 1. The van der Waals surface area contributed by atoms with Crippen LogP contribution in [0.4, 0.5) is 0 Å². The molecule has 5 aromatic rings. The van der Waals surface area contributed by atoms with Gasteiger partial charge < -0.3 is 4.74 Å². The third-order valence-corrected chi connectivity index (χ3v) is 5.36. The summed E-state index contributed by atoms with van der Waals surface area (Å²) in [7, 11) is 0. The van der Waals surface area contributed by atoms with Crippen LogP contribution in [0, 0.1) is 0 Å². The van der Waals surface area contributed by atoms with Gasteiger partial charge in [0.2, 0.25) is 0 Å². The lowest BCUT2D eigenvalue weighted by atomic mass is 9.89. The Hall–Kier alpha value is -4.10. The maximum absolute atomic E-state index is 6.15. The van der Waals surface area contributed by atoms with Crippen molar-refractivity contribution in [3.8, 4) is 44.9 Å². The molecule has 0 amide bonds. The first-order chi connectivity index (χ1) is 15.4. The van der Waals surface area contributed by atoms with Gasteiger partial charge in [0.1, 0.15) is 11.5 Å². The molecular weight excluding hydrogens is 376 g/mol. The lowest BCUT2D eigenvalue weighted by Gasteiger charge is -2.16. The van der Waals surface area contributed by atoms with Crippen LogP contribution in [0.25, 0.3) is 33.4 Å². The van der Waals surface area contributed by atoms with Gasteiger partial charge in [0.15, 0.2) is 0 Å². The van der Waals surface area contributed by atoms with Crippen LogP contribution in [0.5, 0.6) is 11.5 Å². The van der Waals surface area contributed by atoms with Crippen LogP contribution in [0.2, 0.25) is 0 Å². The number of rotatable bonds is 5. The molecule has 0 saturated carbocycles. The number of hydrogen-bond acceptors (Lipinski definition) is 1. The Morgan fingerprint density at radius 3 is 1.45 bits per heavy atom. The van der Waals surface area contributed by atoms with E-state index >= 15 is 0 Å². The Morgan fingerprint density at radius 1 is 0.323 bits per heavy atom. The van der Waals surface area contributed by atoms with Gasteiger partial charge in [0.05, 0.1) is 0 Å². The molecule has 0 N–H and O–H groups in total. The van der Waals surface area contributed by atoms with Gasteiger partial charge in [0.25, 0.3) is 0 Å². The molecule has 0 atom stereocenters. The fraction of sp³-hybridized carbons (Fsp3) is 0. The highest BCUT2D eigenvalue weighted by Gasteiger charge is 2.13. The molecule has 0 bridgehead atoms. The minimum atomic E-state index is 0.825. The van der Waals surface area contributed by atoms with E-state index in [4.69, 9.17) is 4.74 Å². The first-order valence-electron chi connectivity index (χ1n) is 10.5. The molecule has 0 heterocycles. The van der Waals surface area contributed by atoms with Crippen molar-refractivity contribution in [1.82, 2.24) is 0 Å². The van der Waals surface area contributed by atoms with E-state index in [-0.39, 0.29) is 0 Å². The topological polar surface area (TPSA) is 9.23 Å². The molecule has 0 fully saturated rings. The predicted octanol–water partition coefficient (Wildman–Crippen LogP) is 8.48. The molecule has 1 nitrogen and oxygen atoms in total. The summed E-state index contributed by atoms with van der Waals surface area (Å²) in [6.45, 7) is 0. The highest BCUT2D eigenvalue weighted by molar-refractivity contribution is 5.92. The Balaban J connectivity index is 1.66. The smallest absolute Gasteiger partial charge is 0.128 e.